The van der Waals surface area contributed by atoms with Gasteiger partial charge >= 0.3 is 0 Å². The van der Waals surface area contributed by atoms with Crippen molar-refractivity contribution >= 4 is 5.91 Å². The first-order valence-electron chi connectivity index (χ1n) is 4.80. The van der Waals surface area contributed by atoms with E-state index in [-0.39, 0.29) is 11.9 Å². The molecule has 0 aromatic rings. The summed E-state index contributed by atoms with van der Waals surface area (Å²) < 4.78 is 5.33. The molecule has 1 heterocycles. The van der Waals surface area contributed by atoms with Gasteiger partial charge in [0.25, 0.3) is 0 Å². The van der Waals surface area contributed by atoms with Gasteiger partial charge in [-0.1, -0.05) is 19.9 Å². The van der Waals surface area contributed by atoms with Crippen molar-refractivity contribution in [3.05, 3.63) is 12.7 Å². The molecule has 1 aliphatic heterocycles. The maximum absolute atomic E-state index is 11.4. The first-order chi connectivity index (χ1) is 6.29. The van der Waals surface area contributed by atoms with E-state index in [0.29, 0.717) is 19.8 Å². The van der Waals surface area contributed by atoms with Gasteiger partial charge in [0.1, 0.15) is 0 Å². The Morgan fingerprint density at radius 3 is 3.15 bits per heavy atom. The van der Waals surface area contributed by atoms with E-state index < -0.39 is 0 Å². The highest BCUT2D eigenvalue weighted by Gasteiger charge is 2.24. The maximum Gasteiger partial charge on any atom is 0.246 e. The topological polar surface area (TPSA) is 29.5 Å². The second-order valence-electron chi connectivity index (χ2n) is 3.25. The van der Waals surface area contributed by atoms with Crippen LogP contribution in [0.4, 0.5) is 0 Å². The number of carbonyl (C=O) groups is 1. The van der Waals surface area contributed by atoms with Gasteiger partial charge in [0.2, 0.25) is 5.91 Å². The Hall–Kier alpha value is -0.830. The molecule has 0 aromatic carbocycles. The molecule has 1 saturated heterocycles. The van der Waals surface area contributed by atoms with E-state index in [1.165, 1.54) is 6.08 Å². The predicted octanol–water partition coefficient (Wildman–Crippen LogP) is 1.20. The summed E-state index contributed by atoms with van der Waals surface area (Å²) in [5.74, 6) is 0.0294. The van der Waals surface area contributed by atoms with Crippen molar-refractivity contribution in [2.75, 3.05) is 19.8 Å². The molecule has 1 rings (SSSR count). The molecule has 0 aliphatic carbocycles. The summed E-state index contributed by atoms with van der Waals surface area (Å²) in [4.78, 5) is 13.3. The first kappa shape index (κ1) is 10.3. The average molecular weight is 183 g/mol. The second-order valence-corrected chi connectivity index (χ2v) is 3.25. The molecule has 3 heteroatoms. The molecule has 13 heavy (non-hydrogen) atoms. The molecule has 3 nitrogen and oxygen atoms in total. The van der Waals surface area contributed by atoms with Gasteiger partial charge in [-0.2, -0.15) is 0 Å². The Bertz CT molecular complexity index is 189. The number of carbonyl (C=O) groups excluding carboxylic acids is 1. The lowest BCUT2D eigenvalue weighted by atomic mass is 10.1. The third kappa shape index (κ3) is 2.56. The van der Waals surface area contributed by atoms with Crippen molar-refractivity contribution in [1.29, 1.82) is 0 Å². The van der Waals surface area contributed by atoms with Gasteiger partial charge < -0.3 is 9.64 Å². The van der Waals surface area contributed by atoms with E-state index in [2.05, 4.69) is 13.5 Å². The fraction of sp³-hybridized carbons (Fsp3) is 0.700. The van der Waals surface area contributed by atoms with Crippen molar-refractivity contribution < 1.29 is 9.53 Å². The Morgan fingerprint density at radius 1 is 1.77 bits per heavy atom. The van der Waals surface area contributed by atoms with Gasteiger partial charge in [-0.3, -0.25) is 4.79 Å². The second kappa shape index (κ2) is 5.02. The highest BCUT2D eigenvalue weighted by molar-refractivity contribution is 5.87. The summed E-state index contributed by atoms with van der Waals surface area (Å²) in [5, 5.41) is 0. The highest BCUT2D eigenvalue weighted by Crippen LogP contribution is 2.12. The normalized spacial score (nSPS) is 22.8. The Kier molecular flexibility index (Phi) is 3.96. The van der Waals surface area contributed by atoms with Crippen LogP contribution in [0.5, 0.6) is 0 Å². The van der Waals surface area contributed by atoms with Crippen LogP contribution in [0.1, 0.15) is 19.8 Å². The smallest absolute Gasteiger partial charge is 0.246 e. The molecule has 1 aliphatic rings. The van der Waals surface area contributed by atoms with Crippen molar-refractivity contribution in [3.63, 3.8) is 0 Å². The zero-order chi connectivity index (χ0) is 9.68. The summed E-state index contributed by atoms with van der Waals surface area (Å²) in [6.45, 7) is 7.65. The summed E-state index contributed by atoms with van der Waals surface area (Å²) in [5.41, 5.74) is 0. The minimum Gasteiger partial charge on any atom is -0.377 e. The van der Waals surface area contributed by atoms with E-state index in [4.69, 9.17) is 4.74 Å². The molecule has 1 amide bonds. The Morgan fingerprint density at radius 2 is 2.54 bits per heavy atom. The number of nitrogens with zero attached hydrogens (tertiary/aromatic N) is 1. The third-order valence-electron chi connectivity index (χ3n) is 2.31. The number of amides is 1. The van der Waals surface area contributed by atoms with Gasteiger partial charge in [0, 0.05) is 6.54 Å². The van der Waals surface area contributed by atoms with Crippen LogP contribution >= 0.6 is 0 Å². The van der Waals surface area contributed by atoms with Crippen LogP contribution in [0.3, 0.4) is 0 Å². The van der Waals surface area contributed by atoms with Gasteiger partial charge in [-0.05, 0) is 12.5 Å². The van der Waals surface area contributed by atoms with E-state index in [1.807, 2.05) is 4.90 Å². The minimum absolute atomic E-state index is 0.0294. The molecule has 0 saturated carbocycles. The monoisotopic (exact) mass is 183 g/mol. The zero-order valence-corrected chi connectivity index (χ0v) is 8.16. The van der Waals surface area contributed by atoms with Gasteiger partial charge in [0.15, 0.2) is 0 Å². The SMILES string of the molecule is C=CC(=O)N1CCOC[C@H]1CCC. The van der Waals surface area contributed by atoms with Crippen molar-refractivity contribution in [1.82, 2.24) is 4.90 Å². The van der Waals surface area contributed by atoms with Gasteiger partial charge in [0.05, 0.1) is 19.3 Å². The summed E-state index contributed by atoms with van der Waals surface area (Å²) in [7, 11) is 0. The molecule has 0 bridgehead atoms. The number of ether oxygens (including phenoxy) is 1. The van der Waals surface area contributed by atoms with E-state index in [9.17, 15) is 4.79 Å². The fourth-order valence-corrected chi connectivity index (χ4v) is 1.63. The maximum atomic E-state index is 11.4. The molecule has 74 valence electrons. The van der Waals surface area contributed by atoms with Crippen LogP contribution in [0.15, 0.2) is 12.7 Å². The van der Waals surface area contributed by atoms with Gasteiger partial charge in [-0.25, -0.2) is 0 Å². The summed E-state index contributed by atoms with van der Waals surface area (Å²) in [6, 6.07) is 0.254. The fourth-order valence-electron chi connectivity index (χ4n) is 1.63. The molecular formula is C10H17NO2. The molecule has 0 unspecified atom stereocenters. The average Bonchev–Trinajstić information content (AvgIpc) is 2.18. The molecule has 0 spiro atoms. The largest absolute Gasteiger partial charge is 0.377 e. The molecule has 0 aromatic heterocycles. The van der Waals surface area contributed by atoms with Crippen molar-refractivity contribution in [2.24, 2.45) is 0 Å². The predicted molar refractivity (Wildman–Crippen MR) is 51.4 cm³/mol. The molecule has 0 radical (unpaired) electrons. The third-order valence-corrected chi connectivity index (χ3v) is 2.31. The van der Waals surface area contributed by atoms with Crippen molar-refractivity contribution in [3.8, 4) is 0 Å². The van der Waals surface area contributed by atoms with Crippen LogP contribution in [-0.2, 0) is 9.53 Å². The lowest BCUT2D eigenvalue weighted by Crippen LogP contribution is -2.47. The molecule has 0 N–H and O–H groups in total. The van der Waals surface area contributed by atoms with Crippen LogP contribution in [0, 0.1) is 0 Å². The molecular weight excluding hydrogens is 166 g/mol. The van der Waals surface area contributed by atoms with E-state index >= 15 is 0 Å². The Labute approximate surface area is 79.4 Å². The molecule has 1 atom stereocenters. The van der Waals surface area contributed by atoms with Gasteiger partial charge in [-0.15, -0.1) is 0 Å². The lowest BCUT2D eigenvalue weighted by Gasteiger charge is -2.34. The number of rotatable bonds is 3. The first-order valence-corrected chi connectivity index (χ1v) is 4.80. The quantitative estimate of drug-likeness (QED) is 0.615. The van der Waals surface area contributed by atoms with E-state index in [1.54, 1.807) is 0 Å². The number of hydrogen-bond acceptors (Lipinski definition) is 2. The minimum atomic E-state index is 0.0294. The summed E-state index contributed by atoms with van der Waals surface area (Å²) in [6.07, 6.45) is 3.47. The van der Waals surface area contributed by atoms with Crippen LogP contribution in [0.25, 0.3) is 0 Å². The van der Waals surface area contributed by atoms with Crippen LogP contribution in [-0.4, -0.2) is 36.6 Å². The van der Waals surface area contributed by atoms with Crippen LogP contribution in [0.2, 0.25) is 0 Å². The number of hydrogen-bond donors (Lipinski definition) is 0. The number of morpholine rings is 1. The van der Waals surface area contributed by atoms with Crippen LogP contribution < -0.4 is 0 Å². The lowest BCUT2D eigenvalue weighted by molar-refractivity contribution is -0.134. The van der Waals surface area contributed by atoms with E-state index in [0.717, 1.165) is 12.8 Å². The molecule has 1 fully saturated rings. The zero-order valence-electron chi connectivity index (χ0n) is 8.16. The van der Waals surface area contributed by atoms with Crippen molar-refractivity contribution in [2.45, 2.75) is 25.8 Å². The Balaban J connectivity index is 2.55. The highest BCUT2D eigenvalue weighted by atomic mass is 16.5. The standard InChI is InChI=1S/C10H17NO2/c1-3-5-9-8-13-7-6-11(9)10(12)4-2/h4,9H,2-3,5-8H2,1H3/t9-/m1/s1. The summed E-state index contributed by atoms with van der Waals surface area (Å²) >= 11 is 0.